The summed E-state index contributed by atoms with van der Waals surface area (Å²) in [7, 11) is 2.84. The third kappa shape index (κ3) is 6.53. The third-order valence-corrected chi connectivity index (χ3v) is 2.05. The number of ketones is 1. The smallest absolute Gasteiger partial charge is 0.305 e. The van der Waals surface area contributed by atoms with Crippen LogP contribution in [0, 0.1) is 0 Å². The van der Waals surface area contributed by atoms with Gasteiger partial charge in [0.25, 0.3) is 0 Å². The van der Waals surface area contributed by atoms with Crippen LogP contribution in [0.15, 0.2) is 0 Å². The first-order valence-electron chi connectivity index (χ1n) is 5.39. The van der Waals surface area contributed by atoms with Gasteiger partial charge in [0, 0.05) is 27.1 Å². The predicted octanol–water partition coefficient (Wildman–Crippen LogP) is 1.30. The van der Waals surface area contributed by atoms with Crippen molar-refractivity contribution < 1.29 is 23.8 Å². The molecule has 0 aromatic rings. The van der Waals surface area contributed by atoms with E-state index in [4.69, 9.17) is 14.2 Å². The Balaban J connectivity index is 3.58. The van der Waals surface area contributed by atoms with Crippen molar-refractivity contribution in [2.75, 3.05) is 20.8 Å². The van der Waals surface area contributed by atoms with E-state index >= 15 is 0 Å². The van der Waals surface area contributed by atoms with E-state index in [1.807, 2.05) is 0 Å². The van der Waals surface area contributed by atoms with Crippen LogP contribution in [-0.4, -0.2) is 38.9 Å². The minimum Gasteiger partial charge on any atom is -0.466 e. The zero-order chi connectivity index (χ0) is 12.4. The summed E-state index contributed by atoms with van der Waals surface area (Å²) in [4.78, 5) is 22.4. The molecule has 0 fully saturated rings. The van der Waals surface area contributed by atoms with Crippen molar-refractivity contribution in [3.63, 3.8) is 0 Å². The Morgan fingerprint density at radius 1 is 1.06 bits per heavy atom. The van der Waals surface area contributed by atoms with Gasteiger partial charge in [0.05, 0.1) is 6.61 Å². The molecule has 0 aliphatic carbocycles. The van der Waals surface area contributed by atoms with Crippen LogP contribution in [0.4, 0.5) is 0 Å². The van der Waals surface area contributed by atoms with Gasteiger partial charge in [0.2, 0.25) is 6.29 Å². The summed E-state index contributed by atoms with van der Waals surface area (Å²) in [6.45, 7) is 2.16. The predicted molar refractivity (Wildman–Crippen MR) is 57.9 cm³/mol. The van der Waals surface area contributed by atoms with Crippen molar-refractivity contribution in [2.24, 2.45) is 0 Å². The van der Waals surface area contributed by atoms with Crippen LogP contribution in [0.25, 0.3) is 0 Å². The molecule has 0 aromatic carbocycles. The first-order valence-corrected chi connectivity index (χ1v) is 5.39. The van der Waals surface area contributed by atoms with Crippen molar-refractivity contribution >= 4 is 11.8 Å². The van der Waals surface area contributed by atoms with E-state index in [0.717, 1.165) is 0 Å². The fourth-order valence-electron chi connectivity index (χ4n) is 1.28. The number of unbranched alkanes of at least 4 members (excludes halogenated alkanes) is 1. The van der Waals surface area contributed by atoms with Gasteiger partial charge in [0.15, 0.2) is 5.78 Å². The Morgan fingerprint density at radius 3 is 2.12 bits per heavy atom. The SMILES string of the molecule is CCOC(=O)CCCCC(=O)C(OC)OC. The summed E-state index contributed by atoms with van der Waals surface area (Å²) in [6.07, 6.45) is 1.20. The summed E-state index contributed by atoms with van der Waals surface area (Å²) < 4.78 is 14.4. The molecule has 0 heterocycles. The second-order valence-corrected chi connectivity index (χ2v) is 3.28. The van der Waals surface area contributed by atoms with Crippen LogP contribution < -0.4 is 0 Å². The average Bonchev–Trinajstić information content (AvgIpc) is 2.26. The van der Waals surface area contributed by atoms with E-state index in [9.17, 15) is 9.59 Å². The monoisotopic (exact) mass is 232 g/mol. The van der Waals surface area contributed by atoms with E-state index in [2.05, 4.69) is 0 Å². The number of hydrogen-bond acceptors (Lipinski definition) is 5. The maximum atomic E-state index is 11.4. The fraction of sp³-hybridized carbons (Fsp3) is 0.818. The number of carbonyl (C=O) groups is 2. The molecule has 0 atom stereocenters. The first-order chi connectivity index (χ1) is 7.65. The van der Waals surface area contributed by atoms with Crippen LogP contribution in [0.5, 0.6) is 0 Å². The highest BCUT2D eigenvalue weighted by Gasteiger charge is 2.15. The number of methoxy groups -OCH3 is 2. The normalized spacial score (nSPS) is 10.5. The van der Waals surface area contributed by atoms with Gasteiger partial charge in [-0.15, -0.1) is 0 Å². The molecule has 5 heteroatoms. The summed E-state index contributed by atoms with van der Waals surface area (Å²) in [6, 6.07) is 0. The van der Waals surface area contributed by atoms with E-state index < -0.39 is 6.29 Å². The van der Waals surface area contributed by atoms with Crippen LogP contribution in [0.3, 0.4) is 0 Å². The number of hydrogen-bond donors (Lipinski definition) is 0. The molecule has 0 N–H and O–H groups in total. The van der Waals surface area contributed by atoms with E-state index in [1.165, 1.54) is 14.2 Å². The maximum Gasteiger partial charge on any atom is 0.305 e. The van der Waals surface area contributed by atoms with Gasteiger partial charge in [-0.2, -0.15) is 0 Å². The molecule has 0 saturated heterocycles. The number of carbonyl (C=O) groups excluding carboxylic acids is 2. The number of rotatable bonds is 9. The first kappa shape index (κ1) is 15.1. The largest absolute Gasteiger partial charge is 0.466 e. The second-order valence-electron chi connectivity index (χ2n) is 3.28. The summed E-state index contributed by atoms with van der Waals surface area (Å²) in [5, 5.41) is 0. The molecular weight excluding hydrogens is 212 g/mol. The van der Waals surface area contributed by atoms with E-state index in [0.29, 0.717) is 32.3 Å². The topological polar surface area (TPSA) is 61.8 Å². The second kappa shape index (κ2) is 9.30. The molecule has 0 rings (SSSR count). The molecule has 0 spiro atoms. The number of ether oxygens (including phenoxy) is 3. The lowest BCUT2D eigenvalue weighted by Crippen LogP contribution is -2.24. The Morgan fingerprint density at radius 2 is 1.62 bits per heavy atom. The molecule has 0 aromatic heterocycles. The molecule has 0 bridgehead atoms. The zero-order valence-corrected chi connectivity index (χ0v) is 10.2. The minimum absolute atomic E-state index is 0.103. The third-order valence-electron chi connectivity index (χ3n) is 2.05. The molecule has 0 radical (unpaired) electrons. The maximum absolute atomic E-state index is 11.4. The Bertz CT molecular complexity index is 210. The van der Waals surface area contributed by atoms with Crippen molar-refractivity contribution in [1.82, 2.24) is 0 Å². The molecule has 0 aliphatic heterocycles. The highest BCUT2D eigenvalue weighted by Crippen LogP contribution is 2.05. The lowest BCUT2D eigenvalue weighted by atomic mass is 10.1. The van der Waals surface area contributed by atoms with Gasteiger partial charge in [-0.3, -0.25) is 9.59 Å². The van der Waals surface area contributed by atoms with Crippen molar-refractivity contribution in [3.8, 4) is 0 Å². The van der Waals surface area contributed by atoms with Gasteiger partial charge in [-0.05, 0) is 19.8 Å². The average molecular weight is 232 g/mol. The lowest BCUT2D eigenvalue weighted by Gasteiger charge is -2.11. The van der Waals surface area contributed by atoms with Crippen LogP contribution in [0.2, 0.25) is 0 Å². The highest BCUT2D eigenvalue weighted by atomic mass is 16.7. The van der Waals surface area contributed by atoms with Crippen LogP contribution >= 0.6 is 0 Å². The molecule has 5 nitrogen and oxygen atoms in total. The van der Waals surface area contributed by atoms with Crippen molar-refractivity contribution in [3.05, 3.63) is 0 Å². The Kier molecular flexibility index (Phi) is 8.75. The zero-order valence-electron chi connectivity index (χ0n) is 10.2. The van der Waals surface area contributed by atoms with Crippen LogP contribution in [-0.2, 0) is 23.8 Å². The number of esters is 1. The summed E-state index contributed by atoms with van der Waals surface area (Å²) >= 11 is 0. The Labute approximate surface area is 96.1 Å². The van der Waals surface area contributed by atoms with Gasteiger partial charge >= 0.3 is 5.97 Å². The molecular formula is C11H20O5. The Hall–Kier alpha value is -0.940. The van der Waals surface area contributed by atoms with Gasteiger partial charge in [0.1, 0.15) is 0 Å². The van der Waals surface area contributed by atoms with Gasteiger partial charge < -0.3 is 14.2 Å². The summed E-state index contributed by atoms with van der Waals surface area (Å²) in [5.74, 6) is -0.321. The minimum atomic E-state index is -0.789. The summed E-state index contributed by atoms with van der Waals surface area (Å²) in [5.41, 5.74) is 0. The fourth-order valence-corrected chi connectivity index (χ4v) is 1.28. The molecule has 16 heavy (non-hydrogen) atoms. The van der Waals surface area contributed by atoms with Gasteiger partial charge in [-0.1, -0.05) is 0 Å². The van der Waals surface area contributed by atoms with E-state index in [-0.39, 0.29) is 11.8 Å². The molecule has 0 aliphatic rings. The standard InChI is InChI=1S/C11H20O5/c1-4-16-10(13)8-6-5-7-9(12)11(14-2)15-3/h11H,4-8H2,1-3H3. The van der Waals surface area contributed by atoms with Crippen molar-refractivity contribution in [1.29, 1.82) is 0 Å². The van der Waals surface area contributed by atoms with E-state index in [1.54, 1.807) is 6.92 Å². The molecule has 0 unspecified atom stereocenters. The molecule has 0 saturated carbocycles. The quantitative estimate of drug-likeness (QED) is 0.340. The number of Topliss-reactive ketones (excluding diaryl/α,β-unsaturated/α-hetero) is 1. The van der Waals surface area contributed by atoms with Crippen molar-refractivity contribution in [2.45, 2.75) is 38.9 Å². The van der Waals surface area contributed by atoms with Crippen LogP contribution in [0.1, 0.15) is 32.6 Å². The molecule has 94 valence electrons. The van der Waals surface area contributed by atoms with Gasteiger partial charge in [-0.25, -0.2) is 0 Å². The highest BCUT2D eigenvalue weighted by molar-refractivity contribution is 5.81. The lowest BCUT2D eigenvalue weighted by molar-refractivity contribution is -0.156. The molecule has 0 amide bonds.